The van der Waals surface area contributed by atoms with Gasteiger partial charge < -0.3 is 10.1 Å². The molecule has 3 aromatic rings. The third-order valence-electron chi connectivity index (χ3n) is 3.60. The summed E-state index contributed by atoms with van der Waals surface area (Å²) in [5.41, 5.74) is 0.211. The minimum absolute atomic E-state index is 0.183. The van der Waals surface area contributed by atoms with E-state index in [0.717, 1.165) is 17.5 Å². The number of anilines is 2. The number of ether oxygens (including phenoxy) is 1. The molecule has 3 rings (SSSR count). The number of alkyl halides is 3. The molecule has 0 radical (unpaired) electrons. The standard InChI is InChI=1S/C18H12F3N3O/c1-25-15-6-5-11-7-12(10-22)17(24-16(11)9-15)23-14-4-2-3-13(8-14)18(19,20)21/h2-9H,1H3,(H,23,24). The molecule has 2 aromatic carbocycles. The second-order valence-corrected chi connectivity index (χ2v) is 5.26. The summed E-state index contributed by atoms with van der Waals surface area (Å²) >= 11 is 0. The van der Waals surface area contributed by atoms with Gasteiger partial charge in [-0.25, -0.2) is 4.98 Å². The molecule has 0 spiro atoms. The number of hydrogen-bond acceptors (Lipinski definition) is 4. The molecule has 1 N–H and O–H groups in total. The van der Waals surface area contributed by atoms with Crippen LogP contribution in [0.2, 0.25) is 0 Å². The Kier molecular flexibility index (Phi) is 4.19. The molecule has 25 heavy (non-hydrogen) atoms. The fourth-order valence-electron chi connectivity index (χ4n) is 2.36. The SMILES string of the molecule is COc1ccc2cc(C#N)c(Nc3cccc(C(F)(F)F)c3)nc2c1. The van der Waals surface area contributed by atoms with Gasteiger partial charge in [0.1, 0.15) is 17.6 Å². The average molecular weight is 343 g/mol. The monoisotopic (exact) mass is 343 g/mol. The summed E-state index contributed by atoms with van der Waals surface area (Å²) in [6, 6.07) is 13.5. The van der Waals surface area contributed by atoms with Gasteiger partial charge in [-0.15, -0.1) is 0 Å². The minimum atomic E-state index is -4.44. The fourth-order valence-corrected chi connectivity index (χ4v) is 2.36. The number of aromatic nitrogens is 1. The predicted octanol–water partition coefficient (Wildman–Crippen LogP) is 4.88. The highest BCUT2D eigenvalue weighted by molar-refractivity contribution is 5.85. The first kappa shape index (κ1) is 16.6. The maximum Gasteiger partial charge on any atom is 0.416 e. The topological polar surface area (TPSA) is 57.9 Å². The van der Waals surface area contributed by atoms with Crippen molar-refractivity contribution in [2.24, 2.45) is 0 Å². The number of benzene rings is 2. The number of fused-ring (bicyclic) bond motifs is 1. The van der Waals surface area contributed by atoms with Crippen molar-refractivity contribution in [3.8, 4) is 11.8 Å². The van der Waals surface area contributed by atoms with Crippen LogP contribution in [0, 0.1) is 11.3 Å². The van der Waals surface area contributed by atoms with Crippen LogP contribution in [0.1, 0.15) is 11.1 Å². The van der Waals surface area contributed by atoms with Gasteiger partial charge in [-0.05, 0) is 36.4 Å². The molecular weight excluding hydrogens is 331 g/mol. The van der Waals surface area contributed by atoms with Crippen LogP contribution < -0.4 is 10.1 Å². The van der Waals surface area contributed by atoms with E-state index in [1.165, 1.54) is 19.2 Å². The molecule has 1 aromatic heterocycles. The van der Waals surface area contributed by atoms with Gasteiger partial charge in [0.2, 0.25) is 0 Å². The zero-order valence-electron chi connectivity index (χ0n) is 13.1. The normalized spacial score (nSPS) is 11.2. The summed E-state index contributed by atoms with van der Waals surface area (Å²) in [5, 5.41) is 12.8. The predicted molar refractivity (Wildman–Crippen MR) is 87.7 cm³/mol. The lowest BCUT2D eigenvalue weighted by Gasteiger charge is -2.12. The van der Waals surface area contributed by atoms with Gasteiger partial charge in [-0.2, -0.15) is 18.4 Å². The van der Waals surface area contributed by atoms with Gasteiger partial charge in [0.25, 0.3) is 0 Å². The van der Waals surface area contributed by atoms with Crippen molar-refractivity contribution >= 4 is 22.4 Å². The maximum atomic E-state index is 12.8. The van der Waals surface area contributed by atoms with E-state index >= 15 is 0 Å². The highest BCUT2D eigenvalue weighted by Gasteiger charge is 2.30. The van der Waals surface area contributed by atoms with Crippen LogP contribution in [0.3, 0.4) is 0 Å². The lowest BCUT2D eigenvalue weighted by molar-refractivity contribution is -0.137. The molecule has 0 atom stereocenters. The molecule has 0 aliphatic carbocycles. The summed E-state index contributed by atoms with van der Waals surface area (Å²) < 4.78 is 43.6. The second kappa shape index (κ2) is 6.32. The van der Waals surface area contributed by atoms with E-state index in [1.54, 1.807) is 24.3 Å². The van der Waals surface area contributed by atoms with Crippen LogP contribution >= 0.6 is 0 Å². The number of methoxy groups -OCH3 is 1. The molecule has 0 amide bonds. The third kappa shape index (κ3) is 3.48. The van der Waals surface area contributed by atoms with E-state index in [1.807, 2.05) is 6.07 Å². The number of hydrogen-bond donors (Lipinski definition) is 1. The summed E-state index contributed by atoms with van der Waals surface area (Å²) in [6.45, 7) is 0. The Morgan fingerprint density at radius 1 is 1.12 bits per heavy atom. The molecule has 0 saturated carbocycles. The zero-order valence-corrected chi connectivity index (χ0v) is 13.1. The van der Waals surface area contributed by atoms with Crippen molar-refractivity contribution in [2.75, 3.05) is 12.4 Å². The third-order valence-corrected chi connectivity index (χ3v) is 3.60. The Morgan fingerprint density at radius 3 is 2.60 bits per heavy atom. The first-order valence-corrected chi connectivity index (χ1v) is 7.24. The number of halogens is 3. The summed E-state index contributed by atoms with van der Waals surface area (Å²) in [5.74, 6) is 0.775. The highest BCUT2D eigenvalue weighted by atomic mass is 19.4. The molecular formula is C18H12F3N3O. The highest BCUT2D eigenvalue weighted by Crippen LogP contribution is 2.32. The van der Waals surface area contributed by atoms with E-state index in [0.29, 0.717) is 11.3 Å². The van der Waals surface area contributed by atoms with Gasteiger partial charge in [0.15, 0.2) is 0 Å². The fraction of sp³-hybridized carbons (Fsp3) is 0.111. The average Bonchev–Trinajstić information content (AvgIpc) is 2.60. The van der Waals surface area contributed by atoms with Crippen LogP contribution in [0.25, 0.3) is 10.9 Å². The number of nitriles is 1. The lowest BCUT2D eigenvalue weighted by atomic mass is 10.1. The molecule has 0 unspecified atom stereocenters. The Labute approximate surface area is 141 Å². The summed E-state index contributed by atoms with van der Waals surface area (Å²) in [7, 11) is 1.52. The Bertz CT molecular complexity index is 977. The Morgan fingerprint density at radius 2 is 1.92 bits per heavy atom. The molecule has 0 saturated heterocycles. The molecule has 126 valence electrons. The van der Waals surface area contributed by atoms with Gasteiger partial charge in [-0.3, -0.25) is 0 Å². The van der Waals surface area contributed by atoms with Crippen molar-refractivity contribution in [3.63, 3.8) is 0 Å². The maximum absolute atomic E-state index is 12.8. The Hall–Kier alpha value is -3.27. The van der Waals surface area contributed by atoms with Gasteiger partial charge in [-0.1, -0.05) is 6.07 Å². The molecule has 0 aliphatic heterocycles. The minimum Gasteiger partial charge on any atom is -0.497 e. The van der Waals surface area contributed by atoms with Gasteiger partial charge in [0, 0.05) is 17.1 Å². The molecule has 0 aliphatic rings. The van der Waals surface area contributed by atoms with Crippen LogP contribution in [0.4, 0.5) is 24.7 Å². The summed E-state index contributed by atoms with van der Waals surface area (Å²) in [6.07, 6.45) is -4.44. The van der Waals surface area contributed by atoms with Gasteiger partial charge in [0.05, 0.1) is 23.8 Å². The van der Waals surface area contributed by atoms with E-state index in [2.05, 4.69) is 10.3 Å². The van der Waals surface area contributed by atoms with Crippen molar-refractivity contribution in [2.45, 2.75) is 6.18 Å². The Balaban J connectivity index is 2.04. The molecule has 4 nitrogen and oxygen atoms in total. The molecule has 0 fully saturated rings. The molecule has 1 heterocycles. The van der Waals surface area contributed by atoms with Crippen LogP contribution in [0.5, 0.6) is 5.75 Å². The van der Waals surface area contributed by atoms with E-state index in [-0.39, 0.29) is 17.1 Å². The lowest BCUT2D eigenvalue weighted by Crippen LogP contribution is -2.05. The van der Waals surface area contributed by atoms with Crippen molar-refractivity contribution in [1.82, 2.24) is 4.98 Å². The summed E-state index contributed by atoms with van der Waals surface area (Å²) in [4.78, 5) is 4.35. The number of rotatable bonds is 3. The molecule has 0 bridgehead atoms. The largest absolute Gasteiger partial charge is 0.497 e. The van der Waals surface area contributed by atoms with E-state index < -0.39 is 11.7 Å². The van der Waals surface area contributed by atoms with Crippen molar-refractivity contribution in [1.29, 1.82) is 5.26 Å². The van der Waals surface area contributed by atoms with Crippen LogP contribution in [-0.2, 0) is 6.18 Å². The van der Waals surface area contributed by atoms with Crippen molar-refractivity contribution < 1.29 is 17.9 Å². The quantitative estimate of drug-likeness (QED) is 0.736. The zero-order chi connectivity index (χ0) is 18.0. The smallest absolute Gasteiger partial charge is 0.416 e. The first-order chi connectivity index (χ1) is 11.9. The number of pyridine rings is 1. The first-order valence-electron chi connectivity index (χ1n) is 7.24. The van der Waals surface area contributed by atoms with E-state index in [9.17, 15) is 18.4 Å². The van der Waals surface area contributed by atoms with E-state index in [4.69, 9.17) is 4.74 Å². The second-order valence-electron chi connectivity index (χ2n) is 5.26. The number of nitrogens with zero attached hydrogens (tertiary/aromatic N) is 2. The van der Waals surface area contributed by atoms with Crippen molar-refractivity contribution in [3.05, 3.63) is 59.7 Å². The number of nitrogens with one attached hydrogen (secondary N) is 1. The van der Waals surface area contributed by atoms with Gasteiger partial charge >= 0.3 is 6.18 Å². The molecule has 7 heteroatoms. The van der Waals surface area contributed by atoms with Crippen LogP contribution in [-0.4, -0.2) is 12.1 Å². The van der Waals surface area contributed by atoms with Crippen LogP contribution in [0.15, 0.2) is 48.5 Å².